The number of nitrogens with zero attached hydrogens (tertiary/aromatic N) is 4. The molecule has 4 aromatic carbocycles. The molecule has 8 heterocycles. The summed E-state index contributed by atoms with van der Waals surface area (Å²) in [4.78, 5) is 56.6. The van der Waals surface area contributed by atoms with E-state index in [-0.39, 0.29) is 63.1 Å². The van der Waals surface area contributed by atoms with Gasteiger partial charge in [-0.15, -0.1) is 19.7 Å². The van der Waals surface area contributed by atoms with Crippen molar-refractivity contribution in [2.45, 2.75) is 190 Å². The van der Waals surface area contributed by atoms with E-state index in [0.29, 0.717) is 6.54 Å². The van der Waals surface area contributed by atoms with Crippen LogP contribution in [0.3, 0.4) is 0 Å². The average molecular weight is 1250 g/mol. The Morgan fingerprint density at radius 2 is 1.04 bits per heavy atom. The van der Waals surface area contributed by atoms with Crippen molar-refractivity contribution in [2.24, 2.45) is 28.1 Å². The Labute approximate surface area is 543 Å². The topological polar surface area (TPSA) is 153 Å². The van der Waals surface area contributed by atoms with E-state index in [4.69, 9.17) is 4.74 Å². The molecule has 3 N–H and O–H groups in total. The molecule has 90 heavy (non-hydrogen) atoms. The van der Waals surface area contributed by atoms with Crippen LogP contribution in [0.25, 0.3) is 0 Å². The molecule has 0 spiro atoms. The van der Waals surface area contributed by atoms with Gasteiger partial charge in [0.05, 0.1) is 29.5 Å². The summed E-state index contributed by atoms with van der Waals surface area (Å²) in [6.45, 7) is 30.9. The van der Waals surface area contributed by atoms with Gasteiger partial charge < -0.3 is 25.6 Å². The third kappa shape index (κ3) is 16.7. The van der Waals surface area contributed by atoms with Gasteiger partial charge in [0.25, 0.3) is 11.8 Å². The van der Waals surface area contributed by atoms with Crippen LogP contribution in [0.1, 0.15) is 195 Å². The molecule has 488 valence electrons. The first-order valence-corrected chi connectivity index (χ1v) is 34.9. The first-order valence-electron chi connectivity index (χ1n) is 33.8. The molecule has 0 aromatic heterocycles. The maximum absolute atomic E-state index is 13.1. The van der Waals surface area contributed by atoms with Crippen molar-refractivity contribution >= 4 is 40.9 Å². The van der Waals surface area contributed by atoms with Crippen LogP contribution in [0.4, 0.5) is 0 Å². The van der Waals surface area contributed by atoms with Gasteiger partial charge in [-0.3, -0.25) is 24.2 Å². The summed E-state index contributed by atoms with van der Waals surface area (Å²) < 4.78 is 21.1. The van der Waals surface area contributed by atoms with Gasteiger partial charge in [0.1, 0.15) is 16.5 Å². The van der Waals surface area contributed by atoms with Crippen LogP contribution in [0.2, 0.25) is 0 Å². The molecule has 4 aromatic rings. The highest BCUT2D eigenvalue weighted by molar-refractivity contribution is 7.85. The molecule has 16 rings (SSSR count). The van der Waals surface area contributed by atoms with Crippen molar-refractivity contribution in [2.75, 3.05) is 46.4 Å². The number of fused-ring (bicyclic) bond motifs is 12. The SMILES string of the molecule is C=CCN1C(=O)C2CCC1(C(=O)OC)CC2.C=CCN1CC2CCC1(C(NC(=O)c1ccccc1)c1ccccc1)CC2.C=CCN1CC2CCC1(C=NS(=O)C(C)(C)C)CC2.CC.CC.O=C(NC(c1ccccc1)C12CCC(CC1)CN2)c1ccccc1. The largest absolute Gasteiger partial charge is 0.467 e. The minimum absolute atomic E-state index is 0.00470. The van der Waals surface area contributed by atoms with Crippen molar-refractivity contribution in [1.29, 1.82) is 0 Å². The number of hydrogen-bond donors (Lipinski definition) is 3. The van der Waals surface area contributed by atoms with Crippen molar-refractivity contribution in [3.63, 3.8) is 0 Å². The number of esters is 1. The zero-order chi connectivity index (χ0) is 65.0. The normalized spacial score (nSPS) is 27.9. The Hall–Kier alpha value is -6.32. The number of benzene rings is 4. The maximum atomic E-state index is 13.1. The fourth-order valence-electron chi connectivity index (χ4n) is 15.4. The first kappa shape index (κ1) is 71.1. The lowest BCUT2D eigenvalue weighted by atomic mass is 9.65. The van der Waals surface area contributed by atoms with Crippen LogP contribution >= 0.6 is 0 Å². The lowest BCUT2D eigenvalue weighted by Gasteiger charge is -2.58. The molecular formula is C76H107N7O6S. The fourth-order valence-corrected chi connectivity index (χ4v) is 16.0. The summed E-state index contributed by atoms with van der Waals surface area (Å²) in [6.07, 6.45) is 25.1. The summed E-state index contributed by atoms with van der Waals surface area (Å²) in [6, 6.07) is 39.9. The molecule has 12 aliphatic rings. The molecule has 8 saturated heterocycles. The smallest absolute Gasteiger partial charge is 0.331 e. The van der Waals surface area contributed by atoms with Gasteiger partial charge in [0.2, 0.25) is 5.91 Å². The number of ether oxygens (including phenoxy) is 1. The molecule has 3 unspecified atom stereocenters. The standard InChI is InChI=1S/C24H28N2O.C21H24N2O.C15H26N2OS.C12H17NO3.2C2H6/c1-2-17-26-18-19-13-15-24(26,16-14-19)22(20-9-5-3-6-10-20)25-23(27)21-11-7-4-8-12-21;24-20(18-9-5-2-6-10-18)23-19(17-7-3-1-4-8-17)21-13-11-16(12-14-21)15-22-21;1-5-10-17-11-13-6-8-15(17,9-7-13)12-16-19(18)14(2,3)4;1-3-8-13-10(14)9-4-6-12(13,7-5-9)11(15)16-2;2*1-2/h2-12,19,22H,1,13-18H2,(H,25,27);1-10,16,19,22H,11-15H2,(H,23,24);5,12-13H,1,6-11H2,2-4H3;3,9H,1,4-8H2,2H3;2*1-2H3. The minimum atomic E-state index is -1.15. The summed E-state index contributed by atoms with van der Waals surface area (Å²) in [5, 5.41) is 10.5. The van der Waals surface area contributed by atoms with Gasteiger partial charge >= 0.3 is 5.97 Å². The number of piperidine rings is 8. The molecule has 3 amide bonds. The third-order valence-corrected chi connectivity index (χ3v) is 21.7. The highest BCUT2D eigenvalue weighted by Crippen LogP contribution is 2.50. The number of methoxy groups -OCH3 is 1. The summed E-state index contributed by atoms with van der Waals surface area (Å²) >= 11 is 0. The Kier molecular flexibility index (Phi) is 26.3. The van der Waals surface area contributed by atoms with Crippen molar-refractivity contribution < 1.29 is 28.1 Å². The Morgan fingerprint density at radius 3 is 1.50 bits per heavy atom. The average Bonchev–Trinajstić information content (AvgIpc) is 0.910. The Morgan fingerprint density at radius 1 is 0.611 bits per heavy atom. The van der Waals surface area contributed by atoms with E-state index in [1.165, 1.54) is 56.8 Å². The van der Waals surface area contributed by atoms with E-state index in [2.05, 4.69) is 98.4 Å². The first-order chi connectivity index (χ1) is 43.5. The van der Waals surface area contributed by atoms with Crippen molar-refractivity contribution in [3.05, 3.63) is 182 Å². The molecule has 3 atom stereocenters. The predicted molar refractivity (Wildman–Crippen MR) is 369 cm³/mol. The predicted octanol–water partition coefficient (Wildman–Crippen LogP) is 14.4. The van der Waals surface area contributed by atoms with E-state index in [9.17, 15) is 23.4 Å². The summed E-state index contributed by atoms with van der Waals surface area (Å²) in [5.41, 5.74) is 3.09. The van der Waals surface area contributed by atoms with Crippen LogP contribution in [0.15, 0.2) is 164 Å². The second-order valence-electron chi connectivity index (χ2n) is 26.5. The maximum Gasteiger partial charge on any atom is 0.331 e. The number of hydrogen-bond acceptors (Lipinski definition) is 9. The molecule has 0 radical (unpaired) electrons. The van der Waals surface area contributed by atoms with E-state index in [1.54, 1.807) is 11.0 Å². The highest BCUT2D eigenvalue weighted by atomic mass is 32.2. The van der Waals surface area contributed by atoms with Gasteiger partial charge in [-0.05, 0) is 183 Å². The van der Waals surface area contributed by atoms with E-state index < -0.39 is 16.5 Å². The molecule has 12 fully saturated rings. The lowest BCUT2D eigenvalue weighted by Crippen LogP contribution is -2.65. The lowest BCUT2D eigenvalue weighted by molar-refractivity contribution is -0.175. The Balaban J connectivity index is 0.000000170. The van der Waals surface area contributed by atoms with Crippen LogP contribution in [0.5, 0.6) is 0 Å². The number of carbonyl (C=O) groups excluding carboxylic acids is 4. The Bertz CT molecular complexity index is 2960. The van der Waals surface area contributed by atoms with Gasteiger partial charge in [-0.1, -0.05) is 143 Å². The second-order valence-corrected chi connectivity index (χ2v) is 28.4. The quantitative estimate of drug-likeness (QED) is 0.0533. The molecule has 8 aliphatic heterocycles. The molecule has 8 bridgehead atoms. The minimum Gasteiger partial charge on any atom is -0.467 e. The molecule has 13 nitrogen and oxygen atoms in total. The molecular weight excluding hydrogens is 1140 g/mol. The summed E-state index contributed by atoms with van der Waals surface area (Å²) in [5.74, 6) is 2.36. The van der Waals surface area contributed by atoms with Gasteiger partial charge in [0.15, 0.2) is 0 Å². The monoisotopic (exact) mass is 1250 g/mol. The number of carbonyl (C=O) groups is 4. The van der Waals surface area contributed by atoms with E-state index in [1.807, 2.05) is 140 Å². The number of rotatable bonds is 17. The fraction of sp³-hybridized carbons (Fsp3) is 0.539. The van der Waals surface area contributed by atoms with Crippen LogP contribution in [-0.4, -0.2) is 122 Å². The highest BCUT2D eigenvalue weighted by Gasteiger charge is 2.56. The number of nitrogens with one attached hydrogen (secondary N) is 3. The second kappa shape index (κ2) is 33.3. The van der Waals surface area contributed by atoms with Crippen LogP contribution < -0.4 is 16.0 Å². The molecule has 14 heteroatoms. The van der Waals surface area contributed by atoms with E-state index in [0.717, 1.165) is 126 Å². The van der Waals surface area contributed by atoms with Gasteiger partial charge in [0, 0.05) is 67.1 Å². The van der Waals surface area contributed by atoms with Crippen molar-refractivity contribution in [1.82, 2.24) is 30.7 Å². The third-order valence-electron chi connectivity index (χ3n) is 20.3. The van der Waals surface area contributed by atoms with E-state index >= 15 is 0 Å². The van der Waals surface area contributed by atoms with Gasteiger partial charge in [-0.25, -0.2) is 9.00 Å². The zero-order valence-corrected chi connectivity index (χ0v) is 56.5. The number of amides is 3. The van der Waals surface area contributed by atoms with Crippen LogP contribution in [-0.2, 0) is 25.3 Å². The molecule has 4 saturated carbocycles. The summed E-state index contributed by atoms with van der Waals surface area (Å²) in [7, 11) is 0.232. The zero-order valence-electron chi connectivity index (χ0n) is 55.6. The molecule has 4 aliphatic carbocycles. The van der Waals surface area contributed by atoms with Crippen LogP contribution in [0, 0.1) is 23.7 Å². The van der Waals surface area contributed by atoms with Gasteiger partial charge in [-0.2, -0.15) is 4.40 Å². The van der Waals surface area contributed by atoms with Crippen molar-refractivity contribution in [3.8, 4) is 0 Å².